The number of esters is 1. The molecule has 0 heterocycles. The minimum atomic E-state index is -0.704. The van der Waals surface area contributed by atoms with E-state index in [1.165, 1.54) is 24.8 Å². The van der Waals surface area contributed by atoms with Crippen LogP contribution in [0, 0.1) is 5.41 Å². The van der Waals surface area contributed by atoms with Gasteiger partial charge in [0.25, 0.3) is 0 Å². The highest BCUT2D eigenvalue weighted by atomic mass is 35.5. The first-order valence-corrected chi connectivity index (χ1v) is 6.27. The largest absolute Gasteiger partial charge is 0.467 e. The van der Waals surface area contributed by atoms with Crippen LogP contribution in [0.2, 0.25) is 0 Å². The van der Waals surface area contributed by atoms with Gasteiger partial charge < -0.3 is 15.8 Å². The van der Waals surface area contributed by atoms with Gasteiger partial charge in [-0.3, -0.25) is 10.2 Å². The molecule has 1 atom stereocenters. The molecule has 0 aromatic rings. The molecule has 16 heavy (non-hydrogen) atoms. The number of methoxy groups -OCH3 is 1. The van der Waals surface area contributed by atoms with E-state index in [0.29, 0.717) is 5.75 Å². The third-order valence-corrected chi connectivity index (χ3v) is 3.31. The fraction of sp³-hybridized carbons (Fsp3) is 0.571. The van der Waals surface area contributed by atoms with Gasteiger partial charge in [-0.1, -0.05) is 10.8 Å². The Kier molecular flexibility index (Phi) is 10.7. The summed E-state index contributed by atoms with van der Waals surface area (Å²) in [5.74, 6) is -0.517. The lowest BCUT2D eigenvalue weighted by Gasteiger charge is -2.14. The summed E-state index contributed by atoms with van der Waals surface area (Å²) in [6, 6.07) is -0.704. The van der Waals surface area contributed by atoms with Crippen LogP contribution in [0.4, 0.5) is 0 Å². The molecule has 0 saturated carbocycles. The quantitative estimate of drug-likeness (QED) is 0.292. The lowest BCUT2D eigenvalue weighted by molar-refractivity contribution is -0.144. The van der Waals surface area contributed by atoms with E-state index >= 15 is 0 Å². The van der Waals surface area contributed by atoms with E-state index in [4.69, 9.17) is 11.1 Å². The molecule has 1 amide bonds. The topological polar surface area (TPSA) is 105 Å². The van der Waals surface area contributed by atoms with Crippen LogP contribution < -0.4 is 11.1 Å². The number of carbonyl (C=O) groups excluding carboxylic acids is 2. The lowest BCUT2D eigenvalue weighted by atomic mass is 10.3. The molecule has 0 saturated heterocycles. The van der Waals surface area contributed by atoms with E-state index in [1.54, 1.807) is 0 Å². The van der Waals surface area contributed by atoms with Crippen molar-refractivity contribution in [3.8, 4) is 0 Å². The number of amides is 1. The fourth-order valence-electron chi connectivity index (χ4n) is 0.722. The summed E-state index contributed by atoms with van der Waals surface area (Å²) >= 11 is 0. The van der Waals surface area contributed by atoms with Gasteiger partial charge in [0, 0.05) is 12.7 Å². The molecular weight excluding hydrogens is 274 g/mol. The highest BCUT2D eigenvalue weighted by Crippen LogP contribution is 2.21. The maximum atomic E-state index is 11.2. The molecule has 94 valence electrons. The highest BCUT2D eigenvalue weighted by molar-refractivity contribution is 8.82. The lowest BCUT2D eigenvalue weighted by Crippen LogP contribution is -2.42. The minimum Gasteiger partial charge on any atom is -0.467 e. The second-order valence-electron chi connectivity index (χ2n) is 2.51. The number of amidine groups is 1. The Balaban J connectivity index is 0. The van der Waals surface area contributed by atoms with Crippen LogP contribution >= 0.6 is 34.0 Å². The number of rotatable bonds is 5. The zero-order valence-electron chi connectivity index (χ0n) is 8.81. The van der Waals surface area contributed by atoms with Crippen molar-refractivity contribution in [2.24, 2.45) is 5.73 Å². The van der Waals surface area contributed by atoms with E-state index in [-0.39, 0.29) is 23.5 Å². The molecule has 9 heteroatoms. The van der Waals surface area contributed by atoms with Gasteiger partial charge in [-0.05, 0) is 10.8 Å². The third kappa shape index (κ3) is 8.69. The van der Waals surface area contributed by atoms with Crippen molar-refractivity contribution in [2.45, 2.75) is 13.0 Å². The molecule has 0 rings (SSSR count). The van der Waals surface area contributed by atoms with Crippen molar-refractivity contribution >= 4 is 51.0 Å². The van der Waals surface area contributed by atoms with Crippen LogP contribution in [0.3, 0.4) is 0 Å². The first-order chi connectivity index (χ1) is 6.97. The van der Waals surface area contributed by atoms with Gasteiger partial charge in [0.05, 0.1) is 7.11 Å². The standard InChI is InChI=1S/C7H13N3O3S2.ClH/c1-4(11)10-5(6(12)13-2)3-14-15-7(8)9;/h5H,3H2,1-2H3,(H3,8,9)(H,10,11);1H. The molecule has 0 aromatic heterocycles. The molecule has 6 nitrogen and oxygen atoms in total. The number of hydrogen-bond donors (Lipinski definition) is 3. The van der Waals surface area contributed by atoms with Crippen LogP contribution in [0.15, 0.2) is 0 Å². The monoisotopic (exact) mass is 287 g/mol. The Hall–Kier alpha value is -0.600. The molecule has 0 aliphatic carbocycles. The van der Waals surface area contributed by atoms with Gasteiger partial charge in [0.1, 0.15) is 6.04 Å². The molecule has 0 radical (unpaired) electrons. The average molecular weight is 288 g/mol. The summed E-state index contributed by atoms with van der Waals surface area (Å²) in [6.45, 7) is 1.32. The molecule has 0 aliphatic heterocycles. The van der Waals surface area contributed by atoms with E-state index in [1.807, 2.05) is 0 Å². The third-order valence-electron chi connectivity index (χ3n) is 1.25. The summed E-state index contributed by atoms with van der Waals surface area (Å²) in [5.41, 5.74) is 5.11. The summed E-state index contributed by atoms with van der Waals surface area (Å²) in [4.78, 5) is 21.9. The SMILES string of the molecule is COC(=O)C(CSSC(=N)N)NC(C)=O.Cl. The predicted molar refractivity (Wildman–Crippen MR) is 68.8 cm³/mol. The highest BCUT2D eigenvalue weighted by Gasteiger charge is 2.20. The minimum absolute atomic E-state index is 0. The van der Waals surface area contributed by atoms with Crippen molar-refractivity contribution in [3.05, 3.63) is 0 Å². The van der Waals surface area contributed by atoms with Crippen LogP contribution in [-0.4, -0.2) is 35.9 Å². The fourth-order valence-corrected chi connectivity index (χ4v) is 2.27. The molecule has 0 aliphatic rings. The molecule has 1 unspecified atom stereocenters. The van der Waals surface area contributed by atoms with Gasteiger partial charge in [-0.25, -0.2) is 4.79 Å². The summed E-state index contributed by atoms with van der Waals surface area (Å²) in [7, 11) is 3.49. The Morgan fingerprint density at radius 3 is 2.50 bits per heavy atom. The van der Waals surface area contributed by atoms with Gasteiger partial charge >= 0.3 is 5.97 Å². The number of nitrogens with two attached hydrogens (primary N) is 1. The van der Waals surface area contributed by atoms with Crippen LogP contribution in [0.25, 0.3) is 0 Å². The normalized spacial score (nSPS) is 10.9. The Bertz CT molecular complexity index is 265. The van der Waals surface area contributed by atoms with Crippen molar-refractivity contribution in [3.63, 3.8) is 0 Å². The van der Waals surface area contributed by atoms with Crippen LogP contribution in [0.1, 0.15) is 6.92 Å². The maximum Gasteiger partial charge on any atom is 0.329 e. The van der Waals surface area contributed by atoms with Crippen molar-refractivity contribution in [1.29, 1.82) is 5.41 Å². The molecule has 0 spiro atoms. The Morgan fingerprint density at radius 2 is 2.12 bits per heavy atom. The van der Waals surface area contributed by atoms with Crippen molar-refractivity contribution < 1.29 is 14.3 Å². The Labute approximate surface area is 108 Å². The van der Waals surface area contributed by atoms with Gasteiger partial charge in [-0.2, -0.15) is 0 Å². The molecule has 0 aromatic carbocycles. The molecule has 4 N–H and O–H groups in total. The zero-order chi connectivity index (χ0) is 11.8. The van der Waals surface area contributed by atoms with Gasteiger partial charge in [0.2, 0.25) is 5.91 Å². The van der Waals surface area contributed by atoms with E-state index in [2.05, 4.69) is 10.1 Å². The number of nitrogens with one attached hydrogen (secondary N) is 2. The first-order valence-electron chi connectivity index (χ1n) is 3.95. The smallest absolute Gasteiger partial charge is 0.329 e. The van der Waals surface area contributed by atoms with Crippen molar-refractivity contribution in [1.82, 2.24) is 5.32 Å². The Morgan fingerprint density at radius 1 is 1.56 bits per heavy atom. The summed E-state index contributed by atoms with van der Waals surface area (Å²) in [5, 5.41) is 9.34. The van der Waals surface area contributed by atoms with Gasteiger partial charge in [-0.15, -0.1) is 12.4 Å². The first kappa shape index (κ1) is 17.8. The van der Waals surface area contributed by atoms with E-state index in [0.717, 1.165) is 10.8 Å². The van der Waals surface area contributed by atoms with Crippen LogP contribution in [0.5, 0.6) is 0 Å². The van der Waals surface area contributed by atoms with Crippen LogP contribution in [-0.2, 0) is 14.3 Å². The number of ether oxygens (including phenoxy) is 1. The maximum absolute atomic E-state index is 11.2. The second kappa shape index (κ2) is 9.61. The second-order valence-corrected chi connectivity index (χ2v) is 4.89. The van der Waals surface area contributed by atoms with E-state index < -0.39 is 12.0 Å². The average Bonchev–Trinajstić information content (AvgIpc) is 2.14. The molecule has 0 bridgehead atoms. The molecule has 0 fully saturated rings. The molecular formula is C7H14ClN3O3S2. The zero-order valence-corrected chi connectivity index (χ0v) is 11.3. The predicted octanol–water partition coefficient (Wildman–Crippen LogP) is 0.361. The number of hydrogen-bond acceptors (Lipinski definition) is 6. The van der Waals surface area contributed by atoms with Crippen molar-refractivity contribution in [2.75, 3.05) is 12.9 Å². The number of carbonyl (C=O) groups is 2. The van der Waals surface area contributed by atoms with E-state index in [9.17, 15) is 9.59 Å². The van der Waals surface area contributed by atoms with Gasteiger partial charge in [0.15, 0.2) is 5.17 Å². The number of halogens is 1. The summed E-state index contributed by atoms with van der Waals surface area (Å²) in [6.07, 6.45) is 0. The summed E-state index contributed by atoms with van der Waals surface area (Å²) < 4.78 is 4.51.